The summed E-state index contributed by atoms with van der Waals surface area (Å²) in [7, 11) is 1.55. The molecule has 0 spiro atoms. The Hall–Kier alpha value is -3.71. The minimum Gasteiger partial charge on any atom is -0.504 e. The van der Waals surface area contributed by atoms with E-state index in [9.17, 15) is 9.90 Å². The third-order valence-electron chi connectivity index (χ3n) is 7.61. The van der Waals surface area contributed by atoms with E-state index in [0.717, 1.165) is 63.9 Å². The lowest BCUT2D eigenvalue weighted by Gasteiger charge is -2.35. The predicted molar refractivity (Wildman–Crippen MR) is 159 cm³/mol. The molecular formula is C32H31BrN2O4. The third-order valence-corrected chi connectivity index (χ3v) is 8.27. The van der Waals surface area contributed by atoms with Crippen LogP contribution in [0.1, 0.15) is 60.7 Å². The monoisotopic (exact) mass is 586 g/mol. The Labute approximate surface area is 237 Å². The number of amides is 1. The van der Waals surface area contributed by atoms with Gasteiger partial charge in [-0.05, 0) is 91.0 Å². The molecule has 0 aromatic heterocycles. The van der Waals surface area contributed by atoms with Gasteiger partial charge in [-0.2, -0.15) is 0 Å². The summed E-state index contributed by atoms with van der Waals surface area (Å²) < 4.78 is 13.0. The van der Waals surface area contributed by atoms with E-state index in [0.29, 0.717) is 28.4 Å². The number of phenolic OH excluding ortho intramolecular Hbond substituents is 1. The topological polar surface area (TPSA) is 71.0 Å². The number of phenols is 1. The molecule has 1 saturated heterocycles. The molecule has 3 aromatic rings. The van der Waals surface area contributed by atoms with Gasteiger partial charge in [0.1, 0.15) is 11.5 Å². The number of ether oxygens (including phenoxy) is 2. The molecule has 200 valence electrons. The summed E-state index contributed by atoms with van der Waals surface area (Å²) in [5.74, 6) is 1.64. The van der Waals surface area contributed by atoms with E-state index in [-0.39, 0.29) is 17.2 Å². The first-order chi connectivity index (χ1) is 18.7. The molecular weight excluding hydrogens is 556 g/mol. The van der Waals surface area contributed by atoms with Crippen LogP contribution in [0, 0.1) is 0 Å². The molecule has 0 radical (unpaired) electrons. The second-order valence-corrected chi connectivity index (χ2v) is 11.7. The minimum atomic E-state index is -0.210. The second kappa shape index (κ2) is 9.49. The number of nitrogens with one attached hydrogen (secondary N) is 1. The van der Waals surface area contributed by atoms with Crippen LogP contribution in [0.2, 0.25) is 0 Å². The fraction of sp³-hybridized carbons (Fsp3) is 0.281. The van der Waals surface area contributed by atoms with E-state index in [2.05, 4.69) is 54.2 Å². The number of hydrogen-bond acceptors (Lipinski definition) is 5. The molecule has 3 aliphatic heterocycles. The highest BCUT2D eigenvalue weighted by molar-refractivity contribution is 9.10. The number of benzene rings is 3. The number of likely N-dealkylation sites (tertiary alicyclic amines) is 1. The number of rotatable bonds is 3. The number of methoxy groups -OCH3 is 1. The molecule has 0 atom stereocenters. The normalized spacial score (nSPS) is 17.9. The lowest BCUT2D eigenvalue weighted by molar-refractivity contribution is 0.0791. The number of allylic oxidation sites excluding steroid dienone is 1. The second-order valence-electron chi connectivity index (χ2n) is 10.9. The Morgan fingerprint density at radius 3 is 2.62 bits per heavy atom. The van der Waals surface area contributed by atoms with Gasteiger partial charge in [0.15, 0.2) is 11.5 Å². The van der Waals surface area contributed by atoms with Crippen LogP contribution >= 0.6 is 15.9 Å². The maximum atomic E-state index is 13.6. The molecule has 2 N–H and O–H groups in total. The SMILES string of the molecule is COc1c(O)ccc2c1-c1ccc3c(c1/C(=C/c1cccc(Br)c1C(=O)N1CCCC1)O2)C(C)=CC(C)(C)N3. The summed E-state index contributed by atoms with van der Waals surface area (Å²) in [4.78, 5) is 15.5. The summed E-state index contributed by atoms with van der Waals surface area (Å²) in [5, 5.41) is 14.3. The Morgan fingerprint density at radius 2 is 1.87 bits per heavy atom. The van der Waals surface area contributed by atoms with E-state index in [1.807, 2.05) is 35.2 Å². The van der Waals surface area contributed by atoms with Gasteiger partial charge in [-0.15, -0.1) is 0 Å². The molecule has 3 aliphatic rings. The van der Waals surface area contributed by atoms with Crippen molar-refractivity contribution in [1.29, 1.82) is 0 Å². The lowest BCUT2D eigenvalue weighted by atomic mass is 9.82. The van der Waals surface area contributed by atoms with Crippen LogP contribution in [-0.4, -0.2) is 41.7 Å². The molecule has 0 aliphatic carbocycles. The first-order valence-electron chi connectivity index (χ1n) is 13.2. The first kappa shape index (κ1) is 25.6. The number of carbonyl (C=O) groups is 1. The van der Waals surface area contributed by atoms with E-state index in [1.165, 1.54) is 0 Å². The van der Waals surface area contributed by atoms with Crippen LogP contribution in [0.25, 0.3) is 28.5 Å². The zero-order valence-electron chi connectivity index (χ0n) is 22.5. The summed E-state index contributed by atoms with van der Waals surface area (Å²) in [6, 6.07) is 13.3. The minimum absolute atomic E-state index is 0.0180. The Bertz CT molecular complexity index is 1580. The van der Waals surface area contributed by atoms with Gasteiger partial charge in [-0.1, -0.05) is 24.3 Å². The van der Waals surface area contributed by atoms with E-state index in [4.69, 9.17) is 9.47 Å². The molecule has 0 saturated carbocycles. The van der Waals surface area contributed by atoms with E-state index in [1.54, 1.807) is 19.2 Å². The molecule has 0 bridgehead atoms. The number of nitrogens with zero attached hydrogens (tertiary/aromatic N) is 1. The van der Waals surface area contributed by atoms with Gasteiger partial charge in [-0.3, -0.25) is 4.79 Å². The standard InChI is InChI=1S/C32H31BrN2O4/c1-18-17-32(2,3)34-22-11-10-20-28(26(18)22)25(39-24-13-12-23(36)30(38-4)29(20)24)16-19-8-7-9-21(33)27(19)31(37)35-14-5-6-15-35/h7-13,16-17,34,36H,5-6,14-15H2,1-4H3/b25-16-. The van der Waals surface area contributed by atoms with Crippen molar-refractivity contribution in [2.24, 2.45) is 0 Å². The Kier molecular flexibility index (Phi) is 6.22. The van der Waals surface area contributed by atoms with Gasteiger partial charge >= 0.3 is 0 Å². The fourth-order valence-electron chi connectivity index (χ4n) is 6.06. The molecule has 0 unspecified atom stereocenters. The molecule has 7 heteroatoms. The fourth-order valence-corrected chi connectivity index (χ4v) is 6.61. The zero-order chi connectivity index (χ0) is 27.5. The van der Waals surface area contributed by atoms with Crippen molar-refractivity contribution in [2.45, 2.75) is 39.2 Å². The smallest absolute Gasteiger partial charge is 0.255 e. The van der Waals surface area contributed by atoms with E-state index < -0.39 is 0 Å². The van der Waals surface area contributed by atoms with Gasteiger partial charge in [0, 0.05) is 39.9 Å². The Balaban J connectivity index is 1.61. The zero-order valence-corrected chi connectivity index (χ0v) is 24.1. The highest BCUT2D eigenvalue weighted by Crippen LogP contribution is 2.54. The number of aromatic hydroxyl groups is 1. The van der Waals surface area contributed by atoms with Gasteiger partial charge in [-0.25, -0.2) is 0 Å². The maximum absolute atomic E-state index is 13.6. The van der Waals surface area contributed by atoms with E-state index >= 15 is 0 Å². The lowest BCUT2D eigenvalue weighted by Crippen LogP contribution is -2.32. The first-order valence-corrected chi connectivity index (χ1v) is 14.0. The summed E-state index contributed by atoms with van der Waals surface area (Å²) >= 11 is 3.65. The van der Waals surface area contributed by atoms with Crippen LogP contribution in [0.15, 0.2) is 53.0 Å². The van der Waals surface area contributed by atoms with Crippen LogP contribution in [-0.2, 0) is 0 Å². The van der Waals surface area contributed by atoms with Crippen molar-refractivity contribution in [2.75, 3.05) is 25.5 Å². The average molecular weight is 588 g/mol. The molecule has 3 aromatic carbocycles. The predicted octanol–water partition coefficient (Wildman–Crippen LogP) is 7.56. The summed E-state index contributed by atoms with van der Waals surface area (Å²) in [6.45, 7) is 7.92. The number of anilines is 1. The van der Waals surface area contributed by atoms with Crippen molar-refractivity contribution in [3.05, 3.63) is 75.3 Å². The van der Waals surface area contributed by atoms with Gasteiger partial charge in [0.2, 0.25) is 0 Å². The molecule has 6 rings (SSSR count). The van der Waals surface area contributed by atoms with Crippen molar-refractivity contribution in [3.8, 4) is 28.4 Å². The molecule has 1 fully saturated rings. The highest BCUT2D eigenvalue weighted by atomic mass is 79.9. The third kappa shape index (κ3) is 4.29. The number of carbonyl (C=O) groups excluding carboxylic acids is 1. The quantitative estimate of drug-likeness (QED) is 0.331. The van der Waals surface area contributed by atoms with Crippen molar-refractivity contribution >= 4 is 44.9 Å². The summed E-state index contributed by atoms with van der Waals surface area (Å²) in [5.41, 5.74) is 6.82. The van der Waals surface area contributed by atoms with Crippen molar-refractivity contribution in [3.63, 3.8) is 0 Å². The van der Waals surface area contributed by atoms with Crippen LogP contribution in [0.4, 0.5) is 5.69 Å². The molecule has 1 amide bonds. The molecule has 39 heavy (non-hydrogen) atoms. The Morgan fingerprint density at radius 1 is 1.10 bits per heavy atom. The van der Waals surface area contributed by atoms with Crippen LogP contribution in [0.3, 0.4) is 0 Å². The number of halogens is 1. The van der Waals surface area contributed by atoms with Crippen LogP contribution < -0.4 is 14.8 Å². The van der Waals surface area contributed by atoms with Gasteiger partial charge < -0.3 is 24.8 Å². The van der Waals surface area contributed by atoms with Crippen molar-refractivity contribution < 1.29 is 19.4 Å². The maximum Gasteiger partial charge on any atom is 0.255 e. The summed E-state index contributed by atoms with van der Waals surface area (Å²) in [6.07, 6.45) is 6.22. The molecule has 6 nitrogen and oxygen atoms in total. The molecule has 3 heterocycles. The number of hydrogen-bond donors (Lipinski definition) is 2. The van der Waals surface area contributed by atoms with Gasteiger partial charge in [0.05, 0.1) is 23.8 Å². The average Bonchev–Trinajstić information content (AvgIpc) is 3.43. The largest absolute Gasteiger partial charge is 0.504 e. The number of fused-ring (bicyclic) bond motifs is 5. The highest BCUT2D eigenvalue weighted by Gasteiger charge is 2.34. The van der Waals surface area contributed by atoms with Crippen LogP contribution in [0.5, 0.6) is 17.2 Å². The van der Waals surface area contributed by atoms with Crippen molar-refractivity contribution in [1.82, 2.24) is 4.90 Å². The van der Waals surface area contributed by atoms with Gasteiger partial charge in [0.25, 0.3) is 5.91 Å².